The van der Waals surface area contributed by atoms with Gasteiger partial charge < -0.3 is 0 Å². The van der Waals surface area contributed by atoms with E-state index in [9.17, 15) is 14.4 Å². The summed E-state index contributed by atoms with van der Waals surface area (Å²) in [6.45, 7) is 2.48. The van der Waals surface area contributed by atoms with Gasteiger partial charge in [-0.1, -0.05) is 54.2 Å². The molecule has 1 aliphatic heterocycles. The van der Waals surface area contributed by atoms with Crippen LogP contribution in [0.2, 0.25) is 0 Å². The highest BCUT2D eigenvalue weighted by Gasteiger charge is 2.31. The normalized spacial score (nSPS) is 14.9. The van der Waals surface area contributed by atoms with Gasteiger partial charge in [0.1, 0.15) is 4.32 Å². The zero-order valence-electron chi connectivity index (χ0n) is 17.1. The van der Waals surface area contributed by atoms with E-state index >= 15 is 0 Å². The van der Waals surface area contributed by atoms with Crippen LogP contribution in [0.25, 0.3) is 6.08 Å². The van der Waals surface area contributed by atoms with Crippen molar-refractivity contribution < 1.29 is 14.4 Å². The molecule has 162 valence electrons. The monoisotopic (exact) mass is 473 g/mol. The molecule has 0 radical (unpaired) electrons. The average Bonchev–Trinajstić information content (AvgIpc) is 3.35. The molecule has 2 N–H and O–H groups in total. The number of nitrogens with zero attached hydrogens (tertiary/aromatic N) is 1. The van der Waals surface area contributed by atoms with Gasteiger partial charge in [0, 0.05) is 23.4 Å². The molecular weight excluding hydrogens is 450 g/mol. The molecule has 0 spiro atoms. The maximum absolute atomic E-state index is 12.5. The number of rotatable bonds is 8. The number of thiophene rings is 1. The first-order valence-electron chi connectivity index (χ1n) is 9.89. The molecule has 0 unspecified atom stereocenters. The zero-order chi connectivity index (χ0) is 22.2. The Kier molecular flexibility index (Phi) is 8.39. The number of hydrogen-bond donors (Lipinski definition) is 2. The fourth-order valence-electron chi connectivity index (χ4n) is 2.89. The molecule has 31 heavy (non-hydrogen) atoms. The van der Waals surface area contributed by atoms with E-state index in [1.807, 2.05) is 42.6 Å². The predicted octanol–water partition coefficient (Wildman–Crippen LogP) is 4.28. The lowest BCUT2D eigenvalue weighted by atomic mass is 10.1. The van der Waals surface area contributed by atoms with E-state index in [2.05, 4.69) is 10.9 Å². The highest BCUT2D eigenvalue weighted by atomic mass is 32.2. The number of hydrazine groups is 1. The second kappa shape index (κ2) is 11.2. The van der Waals surface area contributed by atoms with Crippen LogP contribution < -0.4 is 10.9 Å². The Morgan fingerprint density at radius 3 is 2.58 bits per heavy atom. The fourth-order valence-corrected chi connectivity index (χ4v) is 4.93. The molecule has 0 bridgehead atoms. The van der Waals surface area contributed by atoms with Crippen LogP contribution in [0.5, 0.6) is 0 Å². The van der Waals surface area contributed by atoms with Crippen molar-refractivity contribution in [3.63, 3.8) is 0 Å². The third kappa shape index (κ3) is 6.75. The number of unbranched alkanes of at least 4 members (excludes halogenated alkanes) is 2. The minimum atomic E-state index is -0.349. The van der Waals surface area contributed by atoms with E-state index in [1.54, 1.807) is 28.4 Å². The van der Waals surface area contributed by atoms with Crippen LogP contribution in [0, 0.1) is 6.92 Å². The minimum absolute atomic E-state index is 0.0556. The first-order valence-corrected chi connectivity index (χ1v) is 12.0. The Morgan fingerprint density at radius 1 is 1.10 bits per heavy atom. The summed E-state index contributed by atoms with van der Waals surface area (Å²) in [4.78, 5) is 39.8. The van der Waals surface area contributed by atoms with Gasteiger partial charge in [0.05, 0.1) is 4.91 Å². The van der Waals surface area contributed by atoms with Gasteiger partial charge in [0.2, 0.25) is 5.91 Å². The van der Waals surface area contributed by atoms with E-state index in [0.717, 1.165) is 23.3 Å². The molecule has 6 nitrogen and oxygen atoms in total. The lowest BCUT2D eigenvalue weighted by Gasteiger charge is -2.14. The lowest BCUT2D eigenvalue weighted by Crippen LogP contribution is -2.41. The molecule has 2 aromatic rings. The molecule has 3 rings (SSSR count). The number of amides is 3. The topological polar surface area (TPSA) is 78.5 Å². The van der Waals surface area contributed by atoms with Gasteiger partial charge in [-0.05, 0) is 49.4 Å². The molecule has 1 saturated heterocycles. The van der Waals surface area contributed by atoms with Gasteiger partial charge in [-0.25, -0.2) is 0 Å². The largest absolute Gasteiger partial charge is 0.293 e. The Hall–Kier alpha value is -2.49. The molecule has 2 heterocycles. The highest BCUT2D eigenvalue weighted by Crippen LogP contribution is 2.33. The van der Waals surface area contributed by atoms with E-state index < -0.39 is 0 Å². The van der Waals surface area contributed by atoms with Crippen LogP contribution in [0.15, 0.2) is 46.7 Å². The highest BCUT2D eigenvalue weighted by molar-refractivity contribution is 8.26. The Morgan fingerprint density at radius 2 is 1.87 bits per heavy atom. The first-order chi connectivity index (χ1) is 14.9. The molecule has 1 aromatic heterocycles. The molecule has 0 atom stereocenters. The van der Waals surface area contributed by atoms with Gasteiger partial charge >= 0.3 is 0 Å². The van der Waals surface area contributed by atoms with Crippen molar-refractivity contribution in [2.75, 3.05) is 6.54 Å². The van der Waals surface area contributed by atoms with Gasteiger partial charge in [-0.15, -0.1) is 11.3 Å². The number of nitrogens with one attached hydrogen (secondary N) is 2. The fraction of sp³-hybridized carbons (Fsp3) is 0.273. The van der Waals surface area contributed by atoms with Gasteiger partial charge in [-0.2, -0.15) is 0 Å². The Bertz CT molecular complexity index is 985. The van der Waals surface area contributed by atoms with E-state index in [-0.39, 0.29) is 17.7 Å². The van der Waals surface area contributed by atoms with Crippen molar-refractivity contribution in [2.24, 2.45) is 0 Å². The number of benzene rings is 1. The number of thiocarbonyl (C=S) groups is 1. The Balaban J connectivity index is 1.33. The molecule has 1 aliphatic rings. The third-order valence-electron chi connectivity index (χ3n) is 4.60. The summed E-state index contributed by atoms with van der Waals surface area (Å²) in [6, 6.07) is 11.0. The van der Waals surface area contributed by atoms with Crippen LogP contribution in [-0.4, -0.2) is 33.5 Å². The lowest BCUT2D eigenvalue weighted by molar-refractivity contribution is -0.123. The average molecular weight is 474 g/mol. The number of carbonyl (C=O) groups excluding carboxylic acids is 3. The van der Waals surface area contributed by atoms with Crippen molar-refractivity contribution >= 4 is 63.4 Å². The molecule has 0 saturated carbocycles. The summed E-state index contributed by atoms with van der Waals surface area (Å²) in [5, 5.41) is 1.97. The van der Waals surface area contributed by atoms with Crippen LogP contribution in [0.1, 0.15) is 46.5 Å². The standard InChI is InChI=1S/C22H23N3O3S3/c1-15-8-10-16(11-9-15)20(27)24-23-19(26)7-3-2-4-12-25-21(28)18(31-22(25)29)14-17-6-5-13-30-17/h5-6,8-11,13-14H,2-4,7,12H2,1H3,(H,23,26)(H,24,27). The summed E-state index contributed by atoms with van der Waals surface area (Å²) < 4.78 is 0.573. The summed E-state index contributed by atoms with van der Waals surface area (Å²) >= 11 is 8.25. The van der Waals surface area contributed by atoms with Crippen molar-refractivity contribution in [3.05, 3.63) is 62.7 Å². The number of hydrogen-bond acceptors (Lipinski definition) is 6. The number of carbonyl (C=O) groups is 3. The van der Waals surface area contributed by atoms with Crippen LogP contribution in [-0.2, 0) is 9.59 Å². The smallest absolute Gasteiger partial charge is 0.269 e. The van der Waals surface area contributed by atoms with Crippen LogP contribution in [0.4, 0.5) is 0 Å². The molecule has 1 fully saturated rings. The maximum atomic E-state index is 12.5. The molecule has 1 aromatic carbocycles. The molecule has 9 heteroatoms. The summed E-state index contributed by atoms with van der Waals surface area (Å²) in [5.74, 6) is -0.650. The summed E-state index contributed by atoms with van der Waals surface area (Å²) in [7, 11) is 0. The van der Waals surface area contributed by atoms with E-state index in [4.69, 9.17) is 12.2 Å². The molecule has 3 amide bonds. The van der Waals surface area contributed by atoms with Crippen molar-refractivity contribution in [2.45, 2.75) is 32.6 Å². The van der Waals surface area contributed by atoms with E-state index in [0.29, 0.717) is 34.2 Å². The number of aryl methyl sites for hydroxylation is 1. The molecule has 0 aliphatic carbocycles. The SMILES string of the molecule is Cc1ccc(C(=O)NNC(=O)CCCCCN2C(=O)C(=Cc3cccs3)SC2=S)cc1. The zero-order valence-corrected chi connectivity index (χ0v) is 19.5. The Labute approximate surface area is 195 Å². The molecular formula is C22H23N3O3S3. The van der Waals surface area contributed by atoms with E-state index in [1.165, 1.54) is 11.8 Å². The third-order valence-corrected chi connectivity index (χ3v) is 6.80. The van der Waals surface area contributed by atoms with Gasteiger partial charge in [0.25, 0.3) is 11.8 Å². The van der Waals surface area contributed by atoms with Crippen molar-refractivity contribution in [3.8, 4) is 0 Å². The van der Waals surface area contributed by atoms with Crippen LogP contribution in [0.3, 0.4) is 0 Å². The number of thioether (sulfide) groups is 1. The second-order valence-corrected chi connectivity index (χ2v) is 9.68. The summed E-state index contributed by atoms with van der Waals surface area (Å²) in [5.41, 5.74) is 6.41. The van der Waals surface area contributed by atoms with Crippen LogP contribution >= 0.6 is 35.3 Å². The predicted molar refractivity (Wildman–Crippen MR) is 129 cm³/mol. The van der Waals surface area contributed by atoms with Crippen molar-refractivity contribution in [1.29, 1.82) is 0 Å². The first kappa shape index (κ1) is 23.2. The quantitative estimate of drug-likeness (QED) is 0.259. The minimum Gasteiger partial charge on any atom is -0.293 e. The second-order valence-electron chi connectivity index (χ2n) is 7.03. The summed E-state index contributed by atoms with van der Waals surface area (Å²) in [6.07, 6.45) is 4.36. The van der Waals surface area contributed by atoms with Crippen molar-refractivity contribution in [1.82, 2.24) is 15.8 Å². The van der Waals surface area contributed by atoms with Gasteiger partial charge in [-0.3, -0.25) is 30.1 Å². The maximum Gasteiger partial charge on any atom is 0.269 e. The van der Waals surface area contributed by atoms with Gasteiger partial charge in [0.15, 0.2) is 0 Å².